The van der Waals surface area contributed by atoms with Gasteiger partial charge in [-0.3, -0.25) is 4.99 Å². The number of ether oxygens (including phenoxy) is 1. The Bertz CT molecular complexity index is 612. The number of amides is 1. The first-order valence-electron chi connectivity index (χ1n) is 8.59. The van der Waals surface area contributed by atoms with Crippen LogP contribution in [0.25, 0.3) is 0 Å². The summed E-state index contributed by atoms with van der Waals surface area (Å²) in [5, 5.41) is 0. The fourth-order valence-corrected chi connectivity index (χ4v) is 4.28. The lowest BCUT2D eigenvalue weighted by molar-refractivity contribution is 0.0186. The number of nitrogens with zero attached hydrogens (tertiary/aromatic N) is 4. The first kappa shape index (κ1) is 23.2. The molecule has 1 amide bonds. The Morgan fingerprint density at radius 2 is 1.69 bits per heavy atom. The fraction of sp³-hybridized carbons (Fsp3) is 0.867. The van der Waals surface area contributed by atoms with Crippen LogP contribution in [0.15, 0.2) is 4.99 Å². The van der Waals surface area contributed by atoms with Gasteiger partial charge in [0.05, 0.1) is 12.3 Å². The van der Waals surface area contributed by atoms with Crippen molar-refractivity contribution in [3.8, 4) is 0 Å². The normalized spacial score (nSPS) is 21.4. The van der Waals surface area contributed by atoms with Gasteiger partial charge in [0.25, 0.3) is 0 Å². The molecule has 9 nitrogen and oxygen atoms in total. The number of aliphatic imine (C=N–C) groups is 1. The van der Waals surface area contributed by atoms with Crippen LogP contribution in [0.4, 0.5) is 4.79 Å². The number of halogens is 1. The van der Waals surface area contributed by atoms with Gasteiger partial charge in [0.1, 0.15) is 5.60 Å². The lowest BCUT2D eigenvalue weighted by Gasteiger charge is -2.36. The maximum absolute atomic E-state index is 12.0. The third-order valence-corrected chi connectivity index (χ3v) is 6.04. The van der Waals surface area contributed by atoms with E-state index >= 15 is 0 Å². The summed E-state index contributed by atoms with van der Waals surface area (Å²) in [4.78, 5) is 19.9. The number of hydrogen-bond donors (Lipinski definition) is 1. The van der Waals surface area contributed by atoms with Gasteiger partial charge >= 0.3 is 6.09 Å². The highest BCUT2D eigenvalue weighted by atomic mass is 127. The Kier molecular flexibility index (Phi) is 8.39. The Morgan fingerprint density at radius 3 is 2.19 bits per heavy atom. The van der Waals surface area contributed by atoms with Gasteiger partial charge in [-0.1, -0.05) is 0 Å². The molecule has 11 heteroatoms. The zero-order valence-electron chi connectivity index (χ0n) is 15.7. The SMILES string of the molecule is CC(C)(C)OC(=O)N1CCN(C(N)=NCCN2CCCS2(=O)=O)CC1.I. The van der Waals surface area contributed by atoms with Crippen LogP contribution in [0.5, 0.6) is 0 Å². The van der Waals surface area contributed by atoms with Crippen LogP contribution in [-0.4, -0.2) is 91.7 Å². The molecule has 0 bridgehead atoms. The molecule has 2 N–H and O–H groups in total. The van der Waals surface area contributed by atoms with E-state index < -0.39 is 15.6 Å². The predicted molar refractivity (Wildman–Crippen MR) is 111 cm³/mol. The molecule has 26 heavy (non-hydrogen) atoms. The number of guanidine groups is 1. The quantitative estimate of drug-likeness (QED) is 0.342. The first-order valence-corrected chi connectivity index (χ1v) is 10.2. The number of rotatable bonds is 3. The van der Waals surface area contributed by atoms with Crippen molar-refractivity contribution in [1.29, 1.82) is 0 Å². The smallest absolute Gasteiger partial charge is 0.410 e. The summed E-state index contributed by atoms with van der Waals surface area (Å²) in [5.74, 6) is 0.610. The molecule has 0 aromatic rings. The van der Waals surface area contributed by atoms with E-state index in [-0.39, 0.29) is 35.8 Å². The lowest BCUT2D eigenvalue weighted by Crippen LogP contribution is -2.53. The Hall–Kier alpha value is -0.820. The van der Waals surface area contributed by atoms with Crippen molar-refractivity contribution in [2.75, 3.05) is 51.6 Å². The van der Waals surface area contributed by atoms with Crippen molar-refractivity contribution < 1.29 is 17.9 Å². The van der Waals surface area contributed by atoms with Crippen LogP contribution in [-0.2, 0) is 14.8 Å². The first-order chi connectivity index (χ1) is 11.6. The minimum absolute atomic E-state index is 0. The minimum Gasteiger partial charge on any atom is -0.444 e. The topological polar surface area (TPSA) is 109 Å². The van der Waals surface area contributed by atoms with Crippen molar-refractivity contribution in [3.05, 3.63) is 0 Å². The van der Waals surface area contributed by atoms with E-state index in [1.807, 2.05) is 25.7 Å². The minimum atomic E-state index is -3.09. The average molecular weight is 503 g/mol. The van der Waals surface area contributed by atoms with Crippen molar-refractivity contribution in [2.45, 2.75) is 32.8 Å². The van der Waals surface area contributed by atoms with Crippen LogP contribution < -0.4 is 5.73 Å². The van der Waals surface area contributed by atoms with E-state index in [1.165, 1.54) is 4.31 Å². The zero-order valence-corrected chi connectivity index (χ0v) is 18.8. The molecule has 0 aliphatic carbocycles. The Balaban J connectivity index is 0.00000338. The van der Waals surface area contributed by atoms with Crippen molar-refractivity contribution in [1.82, 2.24) is 14.1 Å². The van der Waals surface area contributed by atoms with Gasteiger partial charge < -0.3 is 20.3 Å². The van der Waals surface area contributed by atoms with E-state index in [0.717, 1.165) is 0 Å². The Labute approximate surface area is 173 Å². The maximum Gasteiger partial charge on any atom is 0.410 e. The standard InChI is InChI=1S/C15H29N5O4S.HI/c1-15(2,3)24-14(21)19-10-8-18(9-11-19)13(16)17-5-7-20-6-4-12-25(20,22)23;/h4-12H2,1-3H3,(H2,16,17);1H. The number of sulfonamides is 1. The molecule has 152 valence electrons. The molecule has 0 aromatic carbocycles. The number of piperazine rings is 1. The summed E-state index contributed by atoms with van der Waals surface area (Å²) in [6.45, 7) is 8.99. The molecule has 2 aliphatic heterocycles. The second kappa shape index (κ2) is 9.40. The van der Waals surface area contributed by atoms with Crippen molar-refractivity contribution in [3.63, 3.8) is 0 Å². The highest BCUT2D eigenvalue weighted by molar-refractivity contribution is 14.0. The molecular formula is C15H30IN5O4S. The molecule has 0 radical (unpaired) electrons. The monoisotopic (exact) mass is 503 g/mol. The van der Waals surface area contributed by atoms with Crippen molar-refractivity contribution in [2.24, 2.45) is 10.7 Å². The summed E-state index contributed by atoms with van der Waals surface area (Å²) >= 11 is 0. The van der Waals surface area contributed by atoms with Crippen LogP contribution in [0.2, 0.25) is 0 Å². The molecule has 0 aromatic heterocycles. The summed E-state index contributed by atoms with van der Waals surface area (Å²) in [6.07, 6.45) is 0.357. The van der Waals surface area contributed by atoms with Crippen molar-refractivity contribution >= 4 is 46.1 Å². The Morgan fingerprint density at radius 1 is 1.12 bits per heavy atom. The molecule has 2 saturated heterocycles. The molecule has 0 saturated carbocycles. The fourth-order valence-electron chi connectivity index (χ4n) is 2.76. The van der Waals surface area contributed by atoms with Crippen LogP contribution in [0, 0.1) is 0 Å². The summed E-state index contributed by atoms with van der Waals surface area (Å²) < 4.78 is 30.3. The zero-order chi connectivity index (χ0) is 18.7. The third-order valence-electron chi connectivity index (χ3n) is 4.08. The highest BCUT2D eigenvalue weighted by Crippen LogP contribution is 2.13. The van der Waals surface area contributed by atoms with Gasteiger partial charge in [0.15, 0.2) is 5.96 Å². The summed E-state index contributed by atoms with van der Waals surface area (Å²) in [5.41, 5.74) is 5.49. The summed E-state index contributed by atoms with van der Waals surface area (Å²) in [7, 11) is -3.09. The third kappa shape index (κ3) is 6.72. The number of nitrogens with two attached hydrogens (primary N) is 1. The van der Waals surface area contributed by atoms with E-state index in [0.29, 0.717) is 58.2 Å². The second-order valence-electron chi connectivity index (χ2n) is 7.26. The molecule has 2 rings (SSSR count). The van der Waals surface area contributed by atoms with Gasteiger partial charge in [-0.05, 0) is 27.2 Å². The van der Waals surface area contributed by atoms with E-state index in [1.54, 1.807) is 4.90 Å². The van der Waals surface area contributed by atoms with Gasteiger partial charge in [0.2, 0.25) is 10.0 Å². The highest BCUT2D eigenvalue weighted by Gasteiger charge is 2.28. The molecule has 2 fully saturated rings. The molecule has 2 aliphatic rings. The van der Waals surface area contributed by atoms with Gasteiger partial charge in [0, 0.05) is 39.3 Å². The second-order valence-corrected chi connectivity index (χ2v) is 9.35. The van der Waals surface area contributed by atoms with E-state index in [4.69, 9.17) is 10.5 Å². The predicted octanol–water partition coefficient (Wildman–Crippen LogP) is 0.507. The van der Waals surface area contributed by atoms with Crippen LogP contribution in [0.1, 0.15) is 27.2 Å². The number of carbonyl (C=O) groups is 1. The molecule has 0 atom stereocenters. The molecule has 0 unspecified atom stereocenters. The van der Waals surface area contributed by atoms with Gasteiger partial charge in [-0.25, -0.2) is 17.5 Å². The summed E-state index contributed by atoms with van der Waals surface area (Å²) in [6, 6.07) is 0. The van der Waals surface area contributed by atoms with E-state index in [2.05, 4.69) is 4.99 Å². The molecule has 0 spiro atoms. The number of carbonyl (C=O) groups excluding carboxylic acids is 1. The van der Waals surface area contributed by atoms with Crippen LogP contribution in [0.3, 0.4) is 0 Å². The largest absolute Gasteiger partial charge is 0.444 e. The maximum atomic E-state index is 12.0. The van der Waals surface area contributed by atoms with Gasteiger partial charge in [-0.15, -0.1) is 24.0 Å². The number of hydrogen-bond acceptors (Lipinski definition) is 5. The van der Waals surface area contributed by atoms with Gasteiger partial charge in [-0.2, -0.15) is 0 Å². The average Bonchev–Trinajstić information content (AvgIpc) is 2.84. The lowest BCUT2D eigenvalue weighted by atomic mass is 10.2. The molecular weight excluding hydrogens is 473 g/mol. The van der Waals surface area contributed by atoms with Crippen LogP contribution >= 0.6 is 24.0 Å². The molecule has 2 heterocycles. The van der Waals surface area contributed by atoms with E-state index in [9.17, 15) is 13.2 Å².